The highest BCUT2D eigenvalue weighted by molar-refractivity contribution is 5.86. The lowest BCUT2D eigenvalue weighted by molar-refractivity contribution is -0.154. The number of ether oxygens (including phenoxy) is 1. The zero-order chi connectivity index (χ0) is 20.2. The SMILES string of the molecule is CN(Cc1cccc(-n2cccn2)c1)C(=O)[C@H]1OCC(=O)N[C@@H]1c1ccccc1. The molecule has 2 amide bonds. The van der Waals surface area contributed by atoms with E-state index in [1.165, 1.54) is 0 Å². The van der Waals surface area contributed by atoms with Gasteiger partial charge in [0, 0.05) is 26.0 Å². The number of morpholine rings is 1. The smallest absolute Gasteiger partial charge is 0.254 e. The fourth-order valence-electron chi connectivity index (χ4n) is 3.47. The van der Waals surface area contributed by atoms with Crippen LogP contribution in [-0.2, 0) is 20.9 Å². The highest BCUT2D eigenvalue weighted by atomic mass is 16.5. The van der Waals surface area contributed by atoms with Crippen LogP contribution < -0.4 is 5.32 Å². The summed E-state index contributed by atoms with van der Waals surface area (Å²) in [6.45, 7) is 0.297. The molecule has 2 aromatic carbocycles. The summed E-state index contributed by atoms with van der Waals surface area (Å²) < 4.78 is 7.42. The first-order chi connectivity index (χ1) is 14.1. The molecule has 148 valence electrons. The van der Waals surface area contributed by atoms with E-state index in [9.17, 15) is 9.59 Å². The minimum absolute atomic E-state index is 0.123. The van der Waals surface area contributed by atoms with Gasteiger partial charge in [-0.2, -0.15) is 5.10 Å². The Morgan fingerprint density at radius 3 is 2.79 bits per heavy atom. The van der Waals surface area contributed by atoms with Gasteiger partial charge in [-0.1, -0.05) is 42.5 Å². The molecule has 0 aliphatic carbocycles. The largest absolute Gasteiger partial charge is 0.356 e. The molecule has 0 spiro atoms. The van der Waals surface area contributed by atoms with E-state index in [0.717, 1.165) is 16.8 Å². The first-order valence-corrected chi connectivity index (χ1v) is 9.41. The average Bonchev–Trinajstić information content (AvgIpc) is 3.29. The molecule has 0 radical (unpaired) electrons. The second-order valence-electron chi connectivity index (χ2n) is 7.00. The van der Waals surface area contributed by atoms with E-state index in [1.807, 2.05) is 66.9 Å². The maximum atomic E-state index is 13.1. The topological polar surface area (TPSA) is 76.5 Å². The van der Waals surface area contributed by atoms with Crippen LogP contribution in [0.15, 0.2) is 73.1 Å². The second-order valence-corrected chi connectivity index (χ2v) is 7.00. The fraction of sp³-hybridized carbons (Fsp3) is 0.227. The molecule has 7 nitrogen and oxygen atoms in total. The van der Waals surface area contributed by atoms with Crippen molar-refractivity contribution < 1.29 is 14.3 Å². The van der Waals surface area contributed by atoms with Gasteiger partial charge >= 0.3 is 0 Å². The van der Waals surface area contributed by atoms with Crippen LogP contribution in [0.5, 0.6) is 0 Å². The number of hydrogen-bond donors (Lipinski definition) is 1. The van der Waals surface area contributed by atoms with E-state index >= 15 is 0 Å². The van der Waals surface area contributed by atoms with Gasteiger partial charge in [0.25, 0.3) is 5.91 Å². The molecule has 3 aromatic rings. The molecule has 0 saturated carbocycles. The lowest BCUT2D eigenvalue weighted by Gasteiger charge is -2.34. The summed E-state index contributed by atoms with van der Waals surface area (Å²) in [7, 11) is 1.74. The van der Waals surface area contributed by atoms with Gasteiger partial charge in [-0.15, -0.1) is 0 Å². The highest BCUT2D eigenvalue weighted by Gasteiger charge is 2.37. The molecule has 1 aromatic heterocycles. The first kappa shape index (κ1) is 18.9. The van der Waals surface area contributed by atoms with E-state index in [-0.39, 0.29) is 18.4 Å². The quantitative estimate of drug-likeness (QED) is 0.724. The molecule has 2 atom stereocenters. The van der Waals surface area contributed by atoms with Gasteiger partial charge in [0.15, 0.2) is 6.10 Å². The molecule has 1 fully saturated rings. The Balaban J connectivity index is 1.51. The van der Waals surface area contributed by atoms with Crippen LogP contribution in [0.3, 0.4) is 0 Å². The van der Waals surface area contributed by atoms with Crippen molar-refractivity contribution in [3.05, 3.63) is 84.2 Å². The number of benzene rings is 2. The van der Waals surface area contributed by atoms with Crippen LogP contribution in [0.2, 0.25) is 0 Å². The molecule has 7 heteroatoms. The van der Waals surface area contributed by atoms with Gasteiger partial charge in [0.2, 0.25) is 5.91 Å². The Kier molecular flexibility index (Phi) is 5.39. The van der Waals surface area contributed by atoms with Gasteiger partial charge in [0.05, 0.1) is 11.7 Å². The van der Waals surface area contributed by atoms with E-state index in [4.69, 9.17) is 4.74 Å². The Hall–Kier alpha value is -3.45. The van der Waals surface area contributed by atoms with E-state index in [0.29, 0.717) is 6.54 Å². The monoisotopic (exact) mass is 390 g/mol. The van der Waals surface area contributed by atoms with E-state index < -0.39 is 12.1 Å². The van der Waals surface area contributed by atoms with E-state index in [2.05, 4.69) is 10.4 Å². The third-order valence-corrected chi connectivity index (χ3v) is 4.89. The number of carbonyl (C=O) groups excluding carboxylic acids is 2. The summed E-state index contributed by atoms with van der Waals surface area (Å²) in [5, 5.41) is 7.13. The summed E-state index contributed by atoms with van der Waals surface area (Å²) in [6.07, 6.45) is 2.83. The van der Waals surface area contributed by atoms with Crippen molar-refractivity contribution in [3.8, 4) is 5.69 Å². The first-order valence-electron chi connectivity index (χ1n) is 9.41. The van der Waals surface area contributed by atoms with Crippen molar-refractivity contribution in [2.45, 2.75) is 18.7 Å². The van der Waals surface area contributed by atoms with Crippen LogP contribution in [0.1, 0.15) is 17.2 Å². The summed E-state index contributed by atoms with van der Waals surface area (Å²) in [4.78, 5) is 26.6. The Morgan fingerprint density at radius 2 is 2.03 bits per heavy atom. The van der Waals surface area contributed by atoms with Gasteiger partial charge in [0.1, 0.15) is 6.61 Å². The van der Waals surface area contributed by atoms with Crippen LogP contribution in [-0.4, -0.2) is 46.3 Å². The third kappa shape index (κ3) is 4.20. The number of likely N-dealkylation sites (N-methyl/N-ethyl adjacent to an activating group) is 1. The molecule has 4 rings (SSSR count). The van der Waals surface area contributed by atoms with Crippen molar-refractivity contribution in [3.63, 3.8) is 0 Å². The lowest BCUT2D eigenvalue weighted by Crippen LogP contribution is -2.52. The predicted molar refractivity (Wildman–Crippen MR) is 107 cm³/mol. The molecule has 1 aliphatic rings. The van der Waals surface area contributed by atoms with Crippen LogP contribution in [0.25, 0.3) is 5.69 Å². The fourth-order valence-corrected chi connectivity index (χ4v) is 3.47. The number of amides is 2. The number of hydrogen-bond acceptors (Lipinski definition) is 4. The lowest BCUT2D eigenvalue weighted by atomic mass is 9.98. The minimum atomic E-state index is -0.769. The van der Waals surface area contributed by atoms with Gasteiger partial charge in [-0.25, -0.2) is 4.68 Å². The number of aromatic nitrogens is 2. The Morgan fingerprint density at radius 1 is 1.21 bits per heavy atom. The summed E-state index contributed by atoms with van der Waals surface area (Å²) in [5.41, 5.74) is 2.75. The Bertz CT molecular complexity index is 988. The van der Waals surface area contributed by atoms with E-state index in [1.54, 1.807) is 22.8 Å². The Labute approximate surface area is 168 Å². The highest BCUT2D eigenvalue weighted by Crippen LogP contribution is 2.24. The van der Waals surface area contributed by atoms with Crippen LogP contribution in [0, 0.1) is 0 Å². The zero-order valence-electron chi connectivity index (χ0n) is 16.1. The number of nitrogens with one attached hydrogen (secondary N) is 1. The predicted octanol–water partition coefficient (Wildman–Crippen LogP) is 2.09. The number of carbonyl (C=O) groups is 2. The van der Waals surface area contributed by atoms with Crippen molar-refractivity contribution in [1.29, 1.82) is 0 Å². The molecular formula is C22H22N4O3. The van der Waals surface area contributed by atoms with Crippen molar-refractivity contribution in [1.82, 2.24) is 20.0 Å². The zero-order valence-corrected chi connectivity index (χ0v) is 16.1. The minimum Gasteiger partial charge on any atom is -0.356 e. The summed E-state index contributed by atoms with van der Waals surface area (Å²) in [6, 6.07) is 18.6. The molecule has 2 heterocycles. The molecule has 1 N–H and O–H groups in total. The third-order valence-electron chi connectivity index (χ3n) is 4.89. The average molecular weight is 390 g/mol. The summed E-state index contributed by atoms with van der Waals surface area (Å²) in [5.74, 6) is -0.402. The van der Waals surface area contributed by atoms with Crippen molar-refractivity contribution in [2.75, 3.05) is 13.7 Å². The molecule has 0 unspecified atom stereocenters. The second kappa shape index (κ2) is 8.28. The standard InChI is InChI=1S/C22H22N4O3/c1-25(14-16-7-5-10-18(13-16)26-12-6-11-23-26)22(28)21-20(24-19(27)15-29-21)17-8-3-2-4-9-17/h2-13,20-21H,14-15H2,1H3,(H,24,27)/t20-,21+/m1/s1. The molecule has 29 heavy (non-hydrogen) atoms. The molecular weight excluding hydrogens is 368 g/mol. The normalized spacial score (nSPS) is 18.9. The van der Waals surface area contributed by atoms with Gasteiger partial charge in [-0.05, 0) is 29.3 Å². The molecule has 1 aliphatic heterocycles. The number of rotatable bonds is 5. The van der Waals surface area contributed by atoms with Gasteiger partial charge in [-0.3, -0.25) is 9.59 Å². The van der Waals surface area contributed by atoms with Gasteiger partial charge < -0.3 is 15.0 Å². The van der Waals surface area contributed by atoms with Crippen LogP contribution in [0.4, 0.5) is 0 Å². The van der Waals surface area contributed by atoms with Crippen molar-refractivity contribution in [2.24, 2.45) is 0 Å². The van der Waals surface area contributed by atoms with Crippen LogP contribution >= 0.6 is 0 Å². The number of nitrogens with zero attached hydrogens (tertiary/aromatic N) is 3. The summed E-state index contributed by atoms with van der Waals surface area (Å²) >= 11 is 0. The molecule has 0 bridgehead atoms. The maximum absolute atomic E-state index is 13.1. The maximum Gasteiger partial charge on any atom is 0.254 e. The molecule has 1 saturated heterocycles. The van der Waals surface area contributed by atoms with Crippen molar-refractivity contribution >= 4 is 11.8 Å².